The molecule has 1 aromatic rings. The maximum Gasteiger partial charge on any atom is 0.180 e. The molecule has 76 valence electrons. The Kier molecular flexibility index (Phi) is 3.04. The van der Waals surface area contributed by atoms with Gasteiger partial charge in [-0.3, -0.25) is 4.79 Å². The molecule has 0 aromatic carbocycles. The van der Waals surface area contributed by atoms with E-state index in [0.717, 1.165) is 33.6 Å². The monoisotopic (exact) mass is 273 g/mol. The molecule has 1 aromatic heterocycles. The molecule has 1 unspecified atom stereocenters. The van der Waals surface area contributed by atoms with Gasteiger partial charge in [-0.2, -0.15) is 0 Å². The molecule has 1 saturated heterocycles. The summed E-state index contributed by atoms with van der Waals surface area (Å²) in [6.45, 7) is 2.97. The quantitative estimate of drug-likeness (QED) is 0.840. The van der Waals surface area contributed by atoms with Crippen molar-refractivity contribution in [2.24, 2.45) is 0 Å². The van der Waals surface area contributed by atoms with Crippen LogP contribution >= 0.6 is 27.3 Å². The van der Waals surface area contributed by atoms with Crippen LogP contribution in [0.15, 0.2) is 9.85 Å². The number of hydrogen-bond acceptors (Lipinski definition) is 3. The Labute approximate surface area is 95.8 Å². The van der Waals surface area contributed by atoms with Gasteiger partial charge in [0.15, 0.2) is 5.78 Å². The number of halogens is 1. The van der Waals surface area contributed by atoms with Crippen LogP contribution in [0.1, 0.15) is 28.1 Å². The number of thiophene rings is 1. The van der Waals surface area contributed by atoms with E-state index in [2.05, 4.69) is 21.2 Å². The molecule has 0 aliphatic carbocycles. The zero-order valence-electron chi connectivity index (χ0n) is 7.97. The minimum atomic E-state index is 0.0511. The van der Waals surface area contributed by atoms with Crippen molar-refractivity contribution in [3.63, 3.8) is 0 Å². The predicted molar refractivity (Wildman–Crippen MR) is 62.1 cm³/mol. The first kappa shape index (κ1) is 10.3. The van der Waals surface area contributed by atoms with Gasteiger partial charge in [0.25, 0.3) is 0 Å². The maximum atomic E-state index is 12.0. The smallest absolute Gasteiger partial charge is 0.180 e. The van der Waals surface area contributed by atoms with Crippen molar-refractivity contribution in [1.82, 2.24) is 5.32 Å². The molecule has 1 aliphatic heterocycles. The van der Waals surface area contributed by atoms with Crippen LogP contribution < -0.4 is 5.32 Å². The van der Waals surface area contributed by atoms with Crippen molar-refractivity contribution in [2.45, 2.75) is 25.8 Å². The number of carbonyl (C=O) groups is 1. The Morgan fingerprint density at radius 3 is 3.00 bits per heavy atom. The molecule has 1 N–H and O–H groups in total. The standard InChI is InChI=1S/C10H12BrNOS/c1-6-7(5-9(11)14-6)10(13)8-3-2-4-12-8/h5,8,12H,2-4H2,1H3. The van der Waals surface area contributed by atoms with E-state index in [1.54, 1.807) is 11.3 Å². The molecule has 0 bridgehead atoms. The number of ketones is 1. The summed E-state index contributed by atoms with van der Waals surface area (Å²) >= 11 is 5.03. The lowest BCUT2D eigenvalue weighted by Gasteiger charge is -2.07. The summed E-state index contributed by atoms with van der Waals surface area (Å²) in [7, 11) is 0. The summed E-state index contributed by atoms with van der Waals surface area (Å²) < 4.78 is 1.04. The molecule has 1 fully saturated rings. The summed E-state index contributed by atoms with van der Waals surface area (Å²) in [4.78, 5) is 13.1. The zero-order valence-corrected chi connectivity index (χ0v) is 10.4. The van der Waals surface area contributed by atoms with Crippen LogP contribution in [-0.2, 0) is 0 Å². The van der Waals surface area contributed by atoms with Crippen LogP contribution in [0.4, 0.5) is 0 Å². The SMILES string of the molecule is Cc1sc(Br)cc1C(=O)C1CCCN1. The first-order valence-corrected chi connectivity index (χ1v) is 6.33. The van der Waals surface area contributed by atoms with E-state index >= 15 is 0 Å². The van der Waals surface area contributed by atoms with Gasteiger partial charge >= 0.3 is 0 Å². The number of nitrogens with one attached hydrogen (secondary N) is 1. The van der Waals surface area contributed by atoms with Gasteiger partial charge in [0.2, 0.25) is 0 Å². The van der Waals surface area contributed by atoms with Gasteiger partial charge in [0, 0.05) is 10.4 Å². The number of Topliss-reactive ketones (excluding diaryl/α,β-unsaturated/α-hetero) is 1. The number of aryl methyl sites for hydroxylation is 1. The van der Waals surface area contributed by atoms with Crippen LogP contribution in [0, 0.1) is 6.92 Å². The number of rotatable bonds is 2. The van der Waals surface area contributed by atoms with Gasteiger partial charge in [-0.1, -0.05) is 0 Å². The Balaban J connectivity index is 2.21. The largest absolute Gasteiger partial charge is 0.307 e. The fraction of sp³-hybridized carbons (Fsp3) is 0.500. The number of carbonyl (C=O) groups excluding carboxylic acids is 1. The molecule has 1 atom stereocenters. The second-order valence-corrected chi connectivity index (χ2v) is 6.17. The third-order valence-corrected chi connectivity index (χ3v) is 4.08. The van der Waals surface area contributed by atoms with Gasteiger partial charge in [0.1, 0.15) is 0 Å². The summed E-state index contributed by atoms with van der Waals surface area (Å²) in [5.74, 6) is 0.252. The predicted octanol–water partition coefficient (Wildman–Crippen LogP) is 2.75. The molecule has 14 heavy (non-hydrogen) atoms. The highest BCUT2D eigenvalue weighted by atomic mass is 79.9. The normalized spacial score (nSPS) is 21.4. The first-order valence-electron chi connectivity index (χ1n) is 4.72. The van der Waals surface area contributed by atoms with Crippen LogP contribution in [0.5, 0.6) is 0 Å². The lowest BCUT2D eigenvalue weighted by atomic mass is 10.0. The van der Waals surface area contributed by atoms with E-state index in [-0.39, 0.29) is 11.8 Å². The van der Waals surface area contributed by atoms with Crippen molar-refractivity contribution < 1.29 is 4.79 Å². The minimum Gasteiger partial charge on any atom is -0.307 e. The maximum absolute atomic E-state index is 12.0. The van der Waals surface area contributed by atoms with Crippen molar-refractivity contribution >= 4 is 33.0 Å². The molecular formula is C10H12BrNOS. The summed E-state index contributed by atoms with van der Waals surface area (Å²) in [6.07, 6.45) is 2.09. The average Bonchev–Trinajstić information content (AvgIpc) is 2.73. The molecular weight excluding hydrogens is 262 g/mol. The fourth-order valence-electron chi connectivity index (χ4n) is 1.79. The average molecular weight is 274 g/mol. The van der Waals surface area contributed by atoms with E-state index in [1.807, 2.05) is 13.0 Å². The Bertz CT molecular complexity index is 355. The fourth-order valence-corrected chi connectivity index (χ4v) is 3.48. The lowest BCUT2D eigenvalue weighted by Crippen LogP contribution is -2.30. The lowest BCUT2D eigenvalue weighted by molar-refractivity contribution is 0.0952. The van der Waals surface area contributed by atoms with Crippen molar-refractivity contribution in [2.75, 3.05) is 6.54 Å². The molecule has 4 heteroatoms. The van der Waals surface area contributed by atoms with E-state index < -0.39 is 0 Å². The van der Waals surface area contributed by atoms with E-state index in [4.69, 9.17) is 0 Å². The van der Waals surface area contributed by atoms with Gasteiger partial charge in [-0.05, 0) is 48.3 Å². The van der Waals surface area contributed by atoms with Gasteiger partial charge in [0.05, 0.1) is 9.83 Å². The van der Waals surface area contributed by atoms with Crippen molar-refractivity contribution in [3.05, 3.63) is 20.3 Å². The highest BCUT2D eigenvalue weighted by Crippen LogP contribution is 2.28. The minimum absolute atomic E-state index is 0.0511. The summed E-state index contributed by atoms with van der Waals surface area (Å²) in [5.41, 5.74) is 0.876. The van der Waals surface area contributed by atoms with E-state index in [9.17, 15) is 4.79 Å². The second-order valence-electron chi connectivity index (χ2n) is 3.53. The van der Waals surface area contributed by atoms with Gasteiger partial charge < -0.3 is 5.32 Å². The summed E-state index contributed by atoms with van der Waals surface area (Å²) in [6, 6.07) is 1.98. The summed E-state index contributed by atoms with van der Waals surface area (Å²) in [5, 5.41) is 3.23. The Morgan fingerprint density at radius 1 is 1.71 bits per heavy atom. The molecule has 2 heterocycles. The highest BCUT2D eigenvalue weighted by molar-refractivity contribution is 9.11. The van der Waals surface area contributed by atoms with Crippen LogP contribution in [0.25, 0.3) is 0 Å². The van der Waals surface area contributed by atoms with Crippen molar-refractivity contribution in [1.29, 1.82) is 0 Å². The van der Waals surface area contributed by atoms with Gasteiger partial charge in [-0.25, -0.2) is 0 Å². The number of hydrogen-bond donors (Lipinski definition) is 1. The molecule has 0 spiro atoms. The molecule has 0 saturated carbocycles. The molecule has 2 rings (SSSR count). The molecule has 0 radical (unpaired) electrons. The highest BCUT2D eigenvalue weighted by Gasteiger charge is 2.25. The third-order valence-electron chi connectivity index (χ3n) is 2.53. The van der Waals surface area contributed by atoms with Crippen LogP contribution in [0.3, 0.4) is 0 Å². The Morgan fingerprint density at radius 2 is 2.50 bits per heavy atom. The molecule has 1 aliphatic rings. The molecule has 0 amide bonds. The van der Waals surface area contributed by atoms with Gasteiger partial charge in [-0.15, -0.1) is 11.3 Å². The second kappa shape index (κ2) is 4.13. The van der Waals surface area contributed by atoms with Crippen LogP contribution in [0.2, 0.25) is 0 Å². The Hall–Kier alpha value is -0.190. The van der Waals surface area contributed by atoms with E-state index in [1.165, 1.54) is 0 Å². The topological polar surface area (TPSA) is 29.1 Å². The third kappa shape index (κ3) is 1.92. The first-order chi connectivity index (χ1) is 6.68. The molecule has 2 nitrogen and oxygen atoms in total. The van der Waals surface area contributed by atoms with Crippen molar-refractivity contribution in [3.8, 4) is 0 Å². The zero-order chi connectivity index (χ0) is 10.1. The van der Waals surface area contributed by atoms with E-state index in [0.29, 0.717) is 0 Å². The van der Waals surface area contributed by atoms with Crippen LogP contribution in [-0.4, -0.2) is 18.4 Å².